The largest absolute Gasteiger partial charge is 0.494 e. The number of hydrogen-bond acceptors (Lipinski definition) is 5. The second-order valence-corrected chi connectivity index (χ2v) is 11.6. The third-order valence-corrected chi connectivity index (χ3v) is 6.93. The third-order valence-electron chi connectivity index (χ3n) is 6.93. The highest BCUT2D eigenvalue weighted by atomic mass is 16.7. The van der Waals surface area contributed by atoms with Crippen molar-refractivity contribution in [2.75, 3.05) is 6.54 Å². The average molecular weight is 479 g/mol. The lowest BCUT2D eigenvalue weighted by Crippen LogP contribution is -2.43. The molecule has 35 heavy (non-hydrogen) atoms. The maximum absolute atomic E-state index is 13.0. The van der Waals surface area contributed by atoms with Gasteiger partial charge in [0.2, 0.25) is 0 Å². The molecule has 2 aromatic rings. The van der Waals surface area contributed by atoms with E-state index in [1.807, 2.05) is 63.2 Å². The molecule has 0 spiro atoms. The first-order valence-corrected chi connectivity index (χ1v) is 12.5. The second kappa shape index (κ2) is 9.51. The Labute approximate surface area is 210 Å². The maximum Gasteiger partial charge on any atom is 0.494 e. The number of benzene rings is 2. The van der Waals surface area contributed by atoms with Crippen LogP contribution in [0.3, 0.4) is 0 Å². The molecule has 2 heterocycles. The van der Waals surface area contributed by atoms with Crippen molar-refractivity contribution in [2.45, 2.75) is 90.8 Å². The molecule has 0 radical (unpaired) electrons. The SMILES string of the molecule is CC(C)(C)OC(=O)N(Cc1ccccc1)C[C@H]1CCc2cc(B3OC(C)(C)C(C)(C)O3)ccc2O1. The fraction of sp³-hybridized carbons (Fsp3) is 0.536. The number of carbonyl (C=O) groups is 1. The monoisotopic (exact) mass is 479 g/mol. The van der Waals surface area contributed by atoms with Crippen LogP contribution in [-0.4, -0.2) is 47.6 Å². The number of rotatable bonds is 5. The van der Waals surface area contributed by atoms with E-state index in [2.05, 4.69) is 33.8 Å². The number of fused-ring (bicyclic) bond motifs is 1. The molecule has 1 atom stereocenters. The molecule has 0 aromatic heterocycles. The molecule has 0 aliphatic carbocycles. The van der Waals surface area contributed by atoms with Gasteiger partial charge in [-0.2, -0.15) is 0 Å². The maximum atomic E-state index is 13.0. The zero-order chi connectivity index (χ0) is 25.4. The van der Waals surface area contributed by atoms with Gasteiger partial charge in [-0.1, -0.05) is 42.5 Å². The van der Waals surface area contributed by atoms with E-state index < -0.39 is 12.7 Å². The minimum atomic E-state index is -0.560. The molecule has 188 valence electrons. The van der Waals surface area contributed by atoms with Gasteiger partial charge in [0, 0.05) is 6.54 Å². The number of amides is 1. The Hall–Kier alpha value is -2.51. The van der Waals surface area contributed by atoms with Crippen molar-refractivity contribution < 1.29 is 23.6 Å². The molecule has 7 heteroatoms. The molecule has 2 aromatic carbocycles. The first kappa shape index (κ1) is 25.6. The van der Waals surface area contributed by atoms with Crippen LogP contribution in [0, 0.1) is 0 Å². The van der Waals surface area contributed by atoms with Crippen molar-refractivity contribution >= 4 is 18.7 Å². The summed E-state index contributed by atoms with van der Waals surface area (Å²) in [5.41, 5.74) is 1.89. The van der Waals surface area contributed by atoms with Crippen molar-refractivity contribution in [3.05, 3.63) is 59.7 Å². The summed E-state index contributed by atoms with van der Waals surface area (Å²) in [5, 5.41) is 0. The van der Waals surface area contributed by atoms with Crippen LogP contribution in [0.5, 0.6) is 5.75 Å². The molecule has 0 N–H and O–H groups in total. The van der Waals surface area contributed by atoms with Crippen LogP contribution >= 0.6 is 0 Å². The summed E-state index contributed by atoms with van der Waals surface area (Å²) in [6, 6.07) is 16.1. The van der Waals surface area contributed by atoms with Crippen LogP contribution in [0.4, 0.5) is 4.79 Å². The Morgan fingerprint density at radius 3 is 2.34 bits per heavy atom. The van der Waals surface area contributed by atoms with Gasteiger partial charge in [0.05, 0.1) is 17.7 Å². The normalized spacial score (nSPS) is 20.7. The smallest absolute Gasteiger partial charge is 0.488 e. The van der Waals surface area contributed by atoms with Crippen LogP contribution in [0.2, 0.25) is 0 Å². The van der Waals surface area contributed by atoms with Crippen LogP contribution < -0.4 is 10.2 Å². The molecular formula is C28H38BNO5. The Morgan fingerprint density at radius 1 is 1.06 bits per heavy atom. The van der Waals surface area contributed by atoms with Gasteiger partial charge in [-0.25, -0.2) is 4.79 Å². The summed E-state index contributed by atoms with van der Waals surface area (Å²) < 4.78 is 24.5. The Bertz CT molecular complexity index is 1030. The standard InChI is InChI=1S/C28H38BNO5/c1-26(2,3)33-25(31)30(18-20-11-9-8-10-12-20)19-23-15-13-21-17-22(14-16-24(21)32-23)29-34-27(4,5)28(6,7)35-29/h8-12,14,16-17,23H,13,15,18-19H2,1-7H3/t23-/m1/s1. The van der Waals surface area contributed by atoms with Crippen LogP contribution in [0.1, 0.15) is 66.0 Å². The number of carbonyl (C=O) groups excluding carboxylic acids is 1. The molecule has 1 amide bonds. The first-order chi connectivity index (χ1) is 16.3. The highest BCUT2D eigenvalue weighted by Crippen LogP contribution is 2.37. The minimum absolute atomic E-state index is 0.110. The van der Waals surface area contributed by atoms with Gasteiger partial charge in [0.15, 0.2) is 0 Å². The van der Waals surface area contributed by atoms with Crippen LogP contribution in [0.15, 0.2) is 48.5 Å². The average Bonchev–Trinajstić information content (AvgIpc) is 2.99. The fourth-order valence-corrected chi connectivity index (χ4v) is 4.30. The molecule has 6 nitrogen and oxygen atoms in total. The lowest BCUT2D eigenvalue weighted by Gasteiger charge is -2.33. The Morgan fingerprint density at radius 2 is 1.71 bits per heavy atom. The zero-order valence-electron chi connectivity index (χ0n) is 22.1. The van der Waals surface area contributed by atoms with E-state index in [0.29, 0.717) is 13.1 Å². The van der Waals surface area contributed by atoms with E-state index in [1.54, 1.807) is 4.90 Å². The van der Waals surface area contributed by atoms with Gasteiger partial charge in [0.1, 0.15) is 17.5 Å². The highest BCUT2D eigenvalue weighted by molar-refractivity contribution is 6.62. The summed E-state index contributed by atoms with van der Waals surface area (Å²) in [5.74, 6) is 0.852. The van der Waals surface area contributed by atoms with Gasteiger partial charge in [-0.15, -0.1) is 0 Å². The van der Waals surface area contributed by atoms with Gasteiger partial charge >= 0.3 is 13.2 Å². The lowest BCUT2D eigenvalue weighted by molar-refractivity contribution is 0.00578. The number of nitrogens with zero attached hydrogens (tertiary/aromatic N) is 1. The van der Waals surface area contributed by atoms with Gasteiger partial charge in [0.25, 0.3) is 0 Å². The van der Waals surface area contributed by atoms with Crippen molar-refractivity contribution in [2.24, 2.45) is 0 Å². The Kier molecular flexibility index (Phi) is 6.95. The summed E-state index contributed by atoms with van der Waals surface area (Å²) in [6.07, 6.45) is 1.24. The van der Waals surface area contributed by atoms with Crippen molar-refractivity contribution in [1.82, 2.24) is 4.90 Å². The van der Waals surface area contributed by atoms with Gasteiger partial charge in [-0.3, -0.25) is 0 Å². The molecule has 1 saturated heterocycles. The van der Waals surface area contributed by atoms with Crippen LogP contribution in [0.25, 0.3) is 0 Å². The fourth-order valence-electron chi connectivity index (χ4n) is 4.30. The number of hydrogen-bond donors (Lipinski definition) is 0. The highest BCUT2D eigenvalue weighted by Gasteiger charge is 2.51. The predicted molar refractivity (Wildman–Crippen MR) is 138 cm³/mol. The number of ether oxygens (including phenoxy) is 2. The zero-order valence-corrected chi connectivity index (χ0v) is 22.1. The molecular weight excluding hydrogens is 441 g/mol. The summed E-state index contributed by atoms with van der Waals surface area (Å²) >= 11 is 0. The first-order valence-electron chi connectivity index (χ1n) is 12.5. The van der Waals surface area contributed by atoms with E-state index in [4.69, 9.17) is 18.8 Å². The quantitative estimate of drug-likeness (QED) is 0.558. The van der Waals surface area contributed by atoms with E-state index in [0.717, 1.165) is 35.2 Å². The van der Waals surface area contributed by atoms with Crippen molar-refractivity contribution in [3.63, 3.8) is 0 Å². The van der Waals surface area contributed by atoms with Crippen molar-refractivity contribution in [3.8, 4) is 5.75 Å². The predicted octanol–water partition coefficient (Wildman–Crippen LogP) is 5.12. The Balaban J connectivity index is 1.46. The molecule has 2 aliphatic rings. The molecule has 0 unspecified atom stereocenters. The lowest BCUT2D eigenvalue weighted by atomic mass is 9.77. The molecule has 0 bridgehead atoms. The summed E-state index contributed by atoms with van der Waals surface area (Å²) in [6.45, 7) is 14.8. The third kappa shape index (κ3) is 6.01. The molecule has 1 fully saturated rings. The number of aryl methyl sites for hydroxylation is 1. The van der Waals surface area contributed by atoms with E-state index in [9.17, 15) is 4.79 Å². The molecule has 4 rings (SSSR count). The topological polar surface area (TPSA) is 57.2 Å². The second-order valence-electron chi connectivity index (χ2n) is 11.6. The minimum Gasteiger partial charge on any atom is -0.488 e. The molecule has 0 saturated carbocycles. The molecule has 2 aliphatic heterocycles. The van der Waals surface area contributed by atoms with Crippen molar-refractivity contribution in [1.29, 1.82) is 0 Å². The van der Waals surface area contributed by atoms with E-state index >= 15 is 0 Å². The summed E-state index contributed by atoms with van der Waals surface area (Å²) in [4.78, 5) is 14.7. The summed E-state index contributed by atoms with van der Waals surface area (Å²) in [7, 11) is -0.392. The van der Waals surface area contributed by atoms with E-state index in [-0.39, 0.29) is 23.4 Å². The van der Waals surface area contributed by atoms with Gasteiger partial charge in [-0.05, 0) is 84.0 Å². The van der Waals surface area contributed by atoms with E-state index in [1.165, 1.54) is 0 Å². The van der Waals surface area contributed by atoms with Crippen LogP contribution in [-0.2, 0) is 27.0 Å². The van der Waals surface area contributed by atoms with Gasteiger partial charge < -0.3 is 23.7 Å².